The van der Waals surface area contributed by atoms with Crippen molar-refractivity contribution in [3.05, 3.63) is 34.5 Å². The van der Waals surface area contributed by atoms with Gasteiger partial charge in [0.15, 0.2) is 5.82 Å². The number of hydrogen-bond donors (Lipinski definition) is 4. The monoisotopic (exact) mass is 501 g/mol. The number of nitrogens with one attached hydrogen (secondary N) is 4. The van der Waals surface area contributed by atoms with Crippen LogP contribution in [-0.4, -0.2) is 50.7 Å². The van der Waals surface area contributed by atoms with Crippen molar-refractivity contribution in [3.8, 4) is 5.75 Å². The number of halogens is 1. The molecule has 1 aliphatic rings. The summed E-state index contributed by atoms with van der Waals surface area (Å²) in [6.45, 7) is 9.87. The number of nitrogens with zero attached hydrogens (tertiary/aromatic N) is 3. The molecule has 12 heteroatoms. The van der Waals surface area contributed by atoms with Gasteiger partial charge in [-0.15, -0.1) is 5.10 Å². The molecule has 4 N–H and O–H groups in total. The van der Waals surface area contributed by atoms with Crippen LogP contribution < -0.4 is 20.7 Å². The molecule has 35 heavy (non-hydrogen) atoms. The van der Waals surface area contributed by atoms with Crippen LogP contribution in [0.3, 0.4) is 0 Å². The summed E-state index contributed by atoms with van der Waals surface area (Å²) < 4.78 is 12.7. The van der Waals surface area contributed by atoms with Crippen LogP contribution in [0.2, 0.25) is 5.02 Å². The number of aromatic nitrogens is 4. The van der Waals surface area contributed by atoms with Gasteiger partial charge in [0, 0.05) is 23.7 Å². The van der Waals surface area contributed by atoms with E-state index in [-0.39, 0.29) is 11.4 Å². The van der Waals surface area contributed by atoms with Crippen molar-refractivity contribution in [1.29, 1.82) is 0 Å². The molecular formula is C23H28ClN7O4. The zero-order valence-corrected chi connectivity index (χ0v) is 20.9. The van der Waals surface area contributed by atoms with Gasteiger partial charge in [-0.1, -0.05) is 11.6 Å². The summed E-state index contributed by atoms with van der Waals surface area (Å²) in [4.78, 5) is 25.9. The lowest BCUT2D eigenvalue weighted by molar-refractivity contribution is 0.0635. The Hall–Kier alpha value is -3.73. The Morgan fingerprint density at radius 2 is 2.11 bits per heavy atom. The summed E-state index contributed by atoms with van der Waals surface area (Å²) in [5.41, 5.74) is 0.798. The van der Waals surface area contributed by atoms with E-state index in [2.05, 4.69) is 31.2 Å². The van der Waals surface area contributed by atoms with E-state index >= 15 is 0 Å². The lowest BCUT2D eigenvalue weighted by atomic mass is 10.0. The maximum atomic E-state index is 13.5. The van der Waals surface area contributed by atoms with E-state index in [0.717, 1.165) is 5.39 Å². The van der Waals surface area contributed by atoms with Crippen LogP contribution in [0.15, 0.2) is 18.3 Å². The fourth-order valence-corrected chi connectivity index (χ4v) is 4.02. The second kappa shape index (κ2) is 9.49. The highest BCUT2D eigenvalue weighted by Gasteiger charge is 2.29. The first-order valence-electron chi connectivity index (χ1n) is 11.2. The van der Waals surface area contributed by atoms with Crippen molar-refractivity contribution in [3.63, 3.8) is 0 Å². The summed E-state index contributed by atoms with van der Waals surface area (Å²) >= 11 is 6.47. The minimum absolute atomic E-state index is 0.0742. The van der Waals surface area contributed by atoms with Crippen LogP contribution >= 0.6 is 11.6 Å². The highest BCUT2D eigenvalue weighted by molar-refractivity contribution is 6.35. The standard InChI is InChI=1S/C23H28ClN7O4/c1-6-34-18-13(10-15(24)14-11-26-29-17(14)18)12(2)27-21(32)16-19(28-22(33)35-23(3,4)5)30-31-9-7-8-25-20(16)31/h7,9-12,25H,6,8H2,1-5H3,(H,26,29)(H,27,32)(H,28,30,33). The fraction of sp³-hybridized carbons (Fsp3) is 0.391. The molecule has 0 saturated heterocycles. The molecule has 0 fully saturated rings. The maximum Gasteiger partial charge on any atom is 0.413 e. The van der Waals surface area contributed by atoms with E-state index in [1.807, 2.05) is 19.9 Å². The molecule has 1 aliphatic heterocycles. The molecule has 3 heterocycles. The molecule has 1 atom stereocenters. The summed E-state index contributed by atoms with van der Waals surface area (Å²) in [6, 6.07) is 1.25. The van der Waals surface area contributed by atoms with Crippen molar-refractivity contribution in [2.75, 3.05) is 23.8 Å². The van der Waals surface area contributed by atoms with Crippen molar-refractivity contribution in [1.82, 2.24) is 25.3 Å². The van der Waals surface area contributed by atoms with Gasteiger partial charge in [0.1, 0.15) is 28.2 Å². The Morgan fingerprint density at radius 3 is 2.83 bits per heavy atom. The van der Waals surface area contributed by atoms with Gasteiger partial charge in [-0.2, -0.15) is 5.10 Å². The van der Waals surface area contributed by atoms with Gasteiger partial charge >= 0.3 is 6.09 Å². The second-order valence-electron chi connectivity index (χ2n) is 8.97. The average Bonchev–Trinajstić information content (AvgIpc) is 3.39. The van der Waals surface area contributed by atoms with E-state index in [1.54, 1.807) is 39.2 Å². The van der Waals surface area contributed by atoms with Crippen molar-refractivity contribution < 1.29 is 19.1 Å². The Bertz CT molecular complexity index is 1310. The zero-order valence-electron chi connectivity index (χ0n) is 20.2. The van der Waals surface area contributed by atoms with Crippen LogP contribution in [0.5, 0.6) is 5.75 Å². The number of benzene rings is 1. The maximum absolute atomic E-state index is 13.5. The first kappa shape index (κ1) is 24.4. The van der Waals surface area contributed by atoms with Crippen molar-refractivity contribution in [2.45, 2.75) is 46.3 Å². The Labute approximate surface area is 207 Å². The summed E-state index contributed by atoms with van der Waals surface area (Å²) in [6.07, 6.45) is 4.47. The van der Waals surface area contributed by atoms with Crippen LogP contribution in [0, 0.1) is 0 Å². The predicted octanol–water partition coefficient (Wildman–Crippen LogP) is 4.55. The number of amides is 2. The third kappa shape index (κ3) is 5.04. The van der Waals surface area contributed by atoms with Gasteiger partial charge in [-0.3, -0.25) is 15.2 Å². The van der Waals surface area contributed by atoms with Gasteiger partial charge in [0.2, 0.25) is 0 Å². The third-order valence-corrected chi connectivity index (χ3v) is 5.47. The number of fused-ring (bicyclic) bond motifs is 2. The lowest BCUT2D eigenvalue weighted by Crippen LogP contribution is -2.30. The number of H-pyrrole nitrogens is 1. The molecule has 186 valence electrons. The minimum atomic E-state index is -0.714. The number of aromatic amines is 1. The van der Waals surface area contributed by atoms with E-state index in [0.29, 0.717) is 40.8 Å². The highest BCUT2D eigenvalue weighted by Crippen LogP contribution is 2.37. The molecule has 0 bridgehead atoms. The number of hydrogen-bond acceptors (Lipinski definition) is 7. The van der Waals surface area contributed by atoms with E-state index in [9.17, 15) is 9.59 Å². The zero-order chi connectivity index (χ0) is 25.3. The second-order valence-corrected chi connectivity index (χ2v) is 9.38. The number of carbonyl (C=O) groups excluding carboxylic acids is 2. The third-order valence-electron chi connectivity index (χ3n) is 5.16. The van der Waals surface area contributed by atoms with Crippen LogP contribution in [0.4, 0.5) is 16.4 Å². The molecule has 0 saturated carbocycles. The van der Waals surface area contributed by atoms with Crippen LogP contribution in [0.25, 0.3) is 17.1 Å². The smallest absolute Gasteiger partial charge is 0.413 e. The molecule has 0 spiro atoms. The van der Waals surface area contributed by atoms with Gasteiger partial charge < -0.3 is 20.1 Å². The number of ether oxygens (including phenoxy) is 2. The predicted molar refractivity (Wildman–Crippen MR) is 134 cm³/mol. The quantitative estimate of drug-likeness (QED) is 0.389. The van der Waals surface area contributed by atoms with Gasteiger partial charge in [0.25, 0.3) is 5.91 Å². The normalized spacial score (nSPS) is 13.7. The molecule has 1 aromatic carbocycles. The average molecular weight is 502 g/mol. The van der Waals surface area contributed by atoms with E-state index < -0.39 is 23.6 Å². The first-order valence-corrected chi connectivity index (χ1v) is 11.6. The Morgan fingerprint density at radius 1 is 1.34 bits per heavy atom. The number of rotatable bonds is 6. The number of carbonyl (C=O) groups is 2. The largest absolute Gasteiger partial charge is 0.491 e. The van der Waals surface area contributed by atoms with Gasteiger partial charge in [-0.05, 0) is 46.8 Å². The molecule has 2 amide bonds. The lowest BCUT2D eigenvalue weighted by Gasteiger charge is -2.21. The van der Waals surface area contributed by atoms with Gasteiger partial charge in [0.05, 0.1) is 23.9 Å². The highest BCUT2D eigenvalue weighted by atomic mass is 35.5. The van der Waals surface area contributed by atoms with Crippen LogP contribution in [-0.2, 0) is 4.74 Å². The summed E-state index contributed by atoms with van der Waals surface area (Å²) in [7, 11) is 0. The Balaban J connectivity index is 1.66. The molecule has 1 unspecified atom stereocenters. The van der Waals surface area contributed by atoms with Crippen LogP contribution in [0.1, 0.15) is 56.6 Å². The molecule has 11 nitrogen and oxygen atoms in total. The molecule has 2 aromatic heterocycles. The number of anilines is 2. The van der Waals surface area contributed by atoms with Gasteiger partial charge in [-0.25, -0.2) is 9.48 Å². The van der Waals surface area contributed by atoms with Crippen molar-refractivity contribution >= 4 is 52.3 Å². The van der Waals surface area contributed by atoms with E-state index in [1.165, 1.54) is 4.68 Å². The molecule has 0 aliphatic carbocycles. The minimum Gasteiger partial charge on any atom is -0.491 e. The Kier molecular flexibility index (Phi) is 6.62. The fourth-order valence-electron chi connectivity index (χ4n) is 3.76. The van der Waals surface area contributed by atoms with E-state index in [4.69, 9.17) is 21.1 Å². The summed E-state index contributed by atoms with van der Waals surface area (Å²) in [5.74, 6) is 0.638. The summed E-state index contributed by atoms with van der Waals surface area (Å²) in [5, 5.41) is 21.2. The topological polar surface area (TPSA) is 135 Å². The molecule has 4 rings (SSSR count). The SMILES string of the molecule is CCOc1c(C(C)NC(=O)c2c(NC(=O)OC(C)(C)C)nn3c2NCC=C3)cc(Cl)c2cn[nH]c12. The molecular weight excluding hydrogens is 474 g/mol. The van der Waals surface area contributed by atoms with Crippen molar-refractivity contribution in [2.24, 2.45) is 0 Å². The first-order chi connectivity index (χ1) is 16.6. The molecule has 3 aromatic rings. The molecule has 0 radical (unpaired) electrons.